The van der Waals surface area contributed by atoms with Crippen LogP contribution in [0.15, 0.2) is 0 Å². The molecule has 15 heavy (non-hydrogen) atoms. The van der Waals surface area contributed by atoms with Crippen LogP contribution in [0.4, 0.5) is 4.79 Å². The van der Waals surface area contributed by atoms with Crippen molar-refractivity contribution in [1.82, 2.24) is 10.2 Å². The van der Waals surface area contributed by atoms with Crippen LogP contribution in [-0.2, 0) is 14.3 Å². The van der Waals surface area contributed by atoms with Gasteiger partial charge in [0.1, 0.15) is 6.42 Å². The first-order chi connectivity index (χ1) is 7.18. The highest BCUT2D eigenvalue weighted by Crippen LogP contribution is 2.16. The van der Waals surface area contributed by atoms with Crippen molar-refractivity contribution >= 4 is 17.8 Å². The molecule has 0 aromatic heterocycles. The predicted octanol–water partition coefficient (Wildman–Crippen LogP) is -0.366. The van der Waals surface area contributed by atoms with Gasteiger partial charge in [-0.25, -0.2) is 4.79 Å². The predicted molar refractivity (Wildman–Crippen MR) is 48.8 cm³/mol. The molecule has 0 saturated carbocycles. The lowest BCUT2D eigenvalue weighted by atomic mass is 10.1. The zero-order chi connectivity index (χ0) is 10.8. The molecule has 0 aromatic rings. The minimum atomic E-state index is -0.619. The second kappa shape index (κ2) is 3.98. The summed E-state index contributed by atoms with van der Waals surface area (Å²) in [7, 11) is 0. The van der Waals surface area contributed by atoms with E-state index in [0.717, 1.165) is 17.7 Å². The molecule has 2 heterocycles. The number of nitrogens with one attached hydrogen (secondary N) is 1. The number of nitrogens with zero attached hydrogens (tertiary/aromatic N) is 1. The maximum atomic E-state index is 11.5. The summed E-state index contributed by atoms with van der Waals surface area (Å²) in [4.78, 5) is 34.9. The highest BCUT2D eigenvalue weighted by atomic mass is 16.5. The van der Waals surface area contributed by atoms with Gasteiger partial charge in [0.25, 0.3) is 0 Å². The Morgan fingerprint density at radius 1 is 1.33 bits per heavy atom. The van der Waals surface area contributed by atoms with Crippen molar-refractivity contribution < 1.29 is 19.1 Å². The Morgan fingerprint density at radius 2 is 2.13 bits per heavy atom. The number of ether oxygens (including phenoxy) is 1. The number of rotatable bonds is 1. The van der Waals surface area contributed by atoms with Gasteiger partial charge in [-0.1, -0.05) is 0 Å². The fourth-order valence-corrected chi connectivity index (χ4v) is 1.86. The molecule has 2 aliphatic heterocycles. The SMILES string of the molecule is O=C1CC(=O)N(C2CCCOC2)C(=O)N1. The van der Waals surface area contributed by atoms with Gasteiger partial charge in [-0.05, 0) is 12.8 Å². The van der Waals surface area contributed by atoms with E-state index in [9.17, 15) is 14.4 Å². The fraction of sp³-hybridized carbons (Fsp3) is 0.667. The Hall–Kier alpha value is -1.43. The van der Waals surface area contributed by atoms with Crippen LogP contribution in [0.2, 0.25) is 0 Å². The molecule has 82 valence electrons. The molecular weight excluding hydrogens is 200 g/mol. The molecule has 1 unspecified atom stereocenters. The van der Waals surface area contributed by atoms with Gasteiger partial charge in [-0.2, -0.15) is 0 Å². The Labute approximate surface area is 86.6 Å². The van der Waals surface area contributed by atoms with Gasteiger partial charge in [0.2, 0.25) is 11.8 Å². The maximum absolute atomic E-state index is 11.5. The Morgan fingerprint density at radius 3 is 2.73 bits per heavy atom. The molecule has 0 bridgehead atoms. The van der Waals surface area contributed by atoms with Crippen molar-refractivity contribution in [2.45, 2.75) is 25.3 Å². The van der Waals surface area contributed by atoms with E-state index in [2.05, 4.69) is 5.32 Å². The zero-order valence-electron chi connectivity index (χ0n) is 8.19. The normalized spacial score (nSPS) is 27.9. The van der Waals surface area contributed by atoms with E-state index in [0.29, 0.717) is 13.2 Å². The zero-order valence-corrected chi connectivity index (χ0v) is 8.19. The standard InChI is InChI=1S/C9H12N2O4/c12-7-4-8(13)11(9(14)10-7)6-2-1-3-15-5-6/h6H,1-5H2,(H,10,12,14). The van der Waals surface area contributed by atoms with Crippen LogP contribution in [0.25, 0.3) is 0 Å². The summed E-state index contributed by atoms with van der Waals surface area (Å²) in [5.74, 6) is -0.961. The molecule has 4 amide bonds. The molecule has 2 aliphatic rings. The third kappa shape index (κ3) is 1.99. The first-order valence-corrected chi connectivity index (χ1v) is 4.92. The molecule has 2 saturated heterocycles. The molecule has 0 aromatic carbocycles. The third-order valence-electron chi connectivity index (χ3n) is 2.55. The van der Waals surface area contributed by atoms with E-state index in [1.54, 1.807) is 0 Å². The van der Waals surface area contributed by atoms with Gasteiger partial charge < -0.3 is 4.74 Å². The number of barbiturate groups is 1. The van der Waals surface area contributed by atoms with Crippen LogP contribution in [0, 0.1) is 0 Å². The van der Waals surface area contributed by atoms with E-state index in [-0.39, 0.29) is 12.5 Å². The van der Waals surface area contributed by atoms with Crippen LogP contribution < -0.4 is 5.32 Å². The monoisotopic (exact) mass is 212 g/mol. The number of carbonyl (C=O) groups is 3. The molecule has 0 aliphatic carbocycles. The van der Waals surface area contributed by atoms with Crippen LogP contribution in [0.5, 0.6) is 0 Å². The van der Waals surface area contributed by atoms with Crippen molar-refractivity contribution in [2.75, 3.05) is 13.2 Å². The molecule has 1 N–H and O–H groups in total. The summed E-state index contributed by atoms with van der Waals surface area (Å²) in [6, 6.07) is -0.842. The van der Waals surface area contributed by atoms with Gasteiger partial charge in [0.05, 0.1) is 12.6 Å². The Balaban J connectivity index is 2.09. The van der Waals surface area contributed by atoms with Gasteiger partial charge >= 0.3 is 6.03 Å². The Kier molecular flexibility index (Phi) is 2.68. The highest BCUT2D eigenvalue weighted by Gasteiger charge is 2.36. The molecule has 0 radical (unpaired) electrons. The summed E-state index contributed by atoms with van der Waals surface area (Å²) in [5, 5.41) is 2.13. The minimum absolute atomic E-state index is 0.223. The van der Waals surface area contributed by atoms with E-state index in [4.69, 9.17) is 4.74 Å². The van der Waals surface area contributed by atoms with Crippen LogP contribution in [-0.4, -0.2) is 42.0 Å². The summed E-state index contributed by atoms with van der Waals surface area (Å²) < 4.78 is 5.20. The topological polar surface area (TPSA) is 75.7 Å². The lowest BCUT2D eigenvalue weighted by Crippen LogP contribution is -2.58. The summed E-state index contributed by atoms with van der Waals surface area (Å²) >= 11 is 0. The number of hydrogen-bond acceptors (Lipinski definition) is 4. The summed E-state index contributed by atoms with van der Waals surface area (Å²) in [6.45, 7) is 1.03. The van der Waals surface area contributed by atoms with Gasteiger partial charge in [-0.15, -0.1) is 0 Å². The third-order valence-corrected chi connectivity index (χ3v) is 2.55. The average molecular weight is 212 g/mol. The molecule has 2 fully saturated rings. The fourth-order valence-electron chi connectivity index (χ4n) is 1.86. The van der Waals surface area contributed by atoms with Crippen LogP contribution >= 0.6 is 0 Å². The second-order valence-corrected chi connectivity index (χ2v) is 3.66. The lowest BCUT2D eigenvalue weighted by molar-refractivity contribution is -0.139. The van der Waals surface area contributed by atoms with Gasteiger partial charge in [0.15, 0.2) is 0 Å². The van der Waals surface area contributed by atoms with E-state index >= 15 is 0 Å². The molecule has 0 spiro atoms. The maximum Gasteiger partial charge on any atom is 0.331 e. The number of hydrogen-bond donors (Lipinski definition) is 1. The van der Waals surface area contributed by atoms with Crippen LogP contribution in [0.1, 0.15) is 19.3 Å². The number of urea groups is 1. The number of imide groups is 2. The van der Waals surface area contributed by atoms with Crippen molar-refractivity contribution in [1.29, 1.82) is 0 Å². The quantitative estimate of drug-likeness (QED) is 0.602. The summed E-state index contributed by atoms with van der Waals surface area (Å²) in [6.07, 6.45) is 1.32. The molecular formula is C9H12N2O4. The lowest BCUT2D eigenvalue weighted by Gasteiger charge is -2.34. The van der Waals surface area contributed by atoms with E-state index in [1.165, 1.54) is 0 Å². The smallest absolute Gasteiger partial charge is 0.331 e. The highest BCUT2D eigenvalue weighted by molar-refractivity contribution is 6.14. The van der Waals surface area contributed by atoms with Crippen LogP contribution in [0.3, 0.4) is 0 Å². The first-order valence-electron chi connectivity index (χ1n) is 4.92. The van der Waals surface area contributed by atoms with Crippen molar-refractivity contribution in [3.63, 3.8) is 0 Å². The van der Waals surface area contributed by atoms with Crippen molar-refractivity contribution in [3.05, 3.63) is 0 Å². The number of carbonyl (C=O) groups excluding carboxylic acids is 3. The molecule has 2 rings (SSSR count). The Bertz CT molecular complexity index is 289. The second-order valence-electron chi connectivity index (χ2n) is 3.66. The first kappa shape index (κ1) is 10.1. The average Bonchev–Trinajstić information content (AvgIpc) is 2.17. The summed E-state index contributed by atoms with van der Waals surface area (Å²) in [5.41, 5.74) is 0. The largest absolute Gasteiger partial charge is 0.379 e. The van der Waals surface area contributed by atoms with Gasteiger partial charge in [0, 0.05) is 6.61 Å². The number of amides is 4. The van der Waals surface area contributed by atoms with Gasteiger partial charge in [-0.3, -0.25) is 19.8 Å². The molecule has 6 nitrogen and oxygen atoms in total. The minimum Gasteiger partial charge on any atom is -0.379 e. The van der Waals surface area contributed by atoms with Crippen molar-refractivity contribution in [3.8, 4) is 0 Å². The molecule has 6 heteroatoms. The van der Waals surface area contributed by atoms with E-state index in [1.807, 2.05) is 0 Å². The molecule has 1 atom stereocenters. The van der Waals surface area contributed by atoms with Crippen molar-refractivity contribution in [2.24, 2.45) is 0 Å². The van der Waals surface area contributed by atoms with E-state index < -0.39 is 17.8 Å².